The molecular formula is C9H16N2O5S. The van der Waals surface area contributed by atoms with E-state index in [1.54, 1.807) is 13.2 Å². The van der Waals surface area contributed by atoms with Crippen molar-refractivity contribution in [3.05, 3.63) is 11.6 Å². The topological polar surface area (TPSA) is 77.1 Å². The molecule has 0 unspecified atom stereocenters. The van der Waals surface area contributed by atoms with E-state index in [0.717, 1.165) is 4.90 Å². The number of amides is 1. The first-order valence-corrected chi connectivity index (χ1v) is 5.94. The van der Waals surface area contributed by atoms with Crippen molar-refractivity contribution in [3.8, 4) is 0 Å². The van der Waals surface area contributed by atoms with Gasteiger partial charge in [-0.1, -0.05) is 6.58 Å². The molecule has 0 aliphatic heterocycles. The predicted octanol–water partition coefficient (Wildman–Crippen LogP) is 1.52. The minimum Gasteiger partial charge on any atom is -0.435 e. The van der Waals surface area contributed by atoms with Crippen LogP contribution < -0.4 is 5.48 Å². The number of rotatable bonds is 6. The van der Waals surface area contributed by atoms with Crippen molar-refractivity contribution in [1.29, 1.82) is 0 Å². The van der Waals surface area contributed by atoms with Crippen molar-refractivity contribution in [3.63, 3.8) is 0 Å². The largest absolute Gasteiger partial charge is 0.509 e. The Labute approximate surface area is 104 Å². The Balaban J connectivity index is 3.81. The highest BCUT2D eigenvalue weighted by Gasteiger charge is 2.13. The Morgan fingerprint density at radius 1 is 1.41 bits per heavy atom. The smallest absolute Gasteiger partial charge is 0.435 e. The fourth-order valence-electron chi connectivity index (χ4n) is 0.582. The van der Waals surface area contributed by atoms with Gasteiger partial charge in [-0.05, 0) is 13.2 Å². The molecule has 0 radical (unpaired) electrons. The van der Waals surface area contributed by atoms with E-state index in [9.17, 15) is 9.59 Å². The molecule has 0 aromatic carbocycles. The first-order chi connectivity index (χ1) is 8.01. The minimum absolute atomic E-state index is 0.210. The van der Waals surface area contributed by atoms with Gasteiger partial charge in [0.2, 0.25) is 0 Å². The number of nitrogens with zero attached hydrogens (tertiary/aromatic N) is 1. The number of carbonyl (C=O) groups excluding carboxylic acids is 2. The van der Waals surface area contributed by atoms with Crippen molar-refractivity contribution in [2.75, 3.05) is 26.6 Å². The first kappa shape index (κ1) is 15.4. The summed E-state index contributed by atoms with van der Waals surface area (Å²) in [6, 6.07) is 0. The highest BCUT2D eigenvalue weighted by atomic mass is 32.2. The number of nitrogens with one attached hydrogen (secondary N) is 1. The molecule has 0 bridgehead atoms. The van der Waals surface area contributed by atoms with E-state index in [0.29, 0.717) is 5.03 Å². The third-order valence-corrected chi connectivity index (χ3v) is 2.02. The molecule has 0 atom stereocenters. The maximum absolute atomic E-state index is 11.3. The molecule has 0 rings (SSSR count). The average Bonchev–Trinajstić information content (AvgIpc) is 2.32. The second-order valence-corrected chi connectivity index (χ2v) is 3.65. The van der Waals surface area contributed by atoms with Crippen LogP contribution in [-0.2, 0) is 14.3 Å². The Morgan fingerprint density at radius 2 is 2.06 bits per heavy atom. The normalized spacial score (nSPS) is 9.12. The summed E-state index contributed by atoms with van der Waals surface area (Å²) in [7, 11) is 1.41. The van der Waals surface area contributed by atoms with Gasteiger partial charge >= 0.3 is 12.2 Å². The monoisotopic (exact) mass is 264 g/mol. The molecule has 17 heavy (non-hydrogen) atoms. The van der Waals surface area contributed by atoms with E-state index in [1.165, 1.54) is 18.8 Å². The molecule has 1 N–H and O–H groups in total. The lowest BCUT2D eigenvalue weighted by Gasteiger charge is -2.16. The number of hydroxylamine groups is 1. The molecule has 0 aromatic heterocycles. The van der Waals surface area contributed by atoms with Gasteiger partial charge in [0.05, 0.1) is 11.6 Å². The van der Waals surface area contributed by atoms with Crippen LogP contribution in [0.25, 0.3) is 0 Å². The van der Waals surface area contributed by atoms with Crippen LogP contribution in [-0.4, -0.2) is 43.8 Å². The molecule has 0 saturated heterocycles. The number of hydrogen-bond donors (Lipinski definition) is 1. The summed E-state index contributed by atoms with van der Waals surface area (Å²) >= 11 is 1.30. The zero-order chi connectivity index (χ0) is 13.3. The predicted molar refractivity (Wildman–Crippen MR) is 63.0 cm³/mol. The number of hydrogen-bond acceptors (Lipinski definition) is 7. The number of ether oxygens (including phenoxy) is 2. The molecule has 98 valence electrons. The molecule has 0 fully saturated rings. The van der Waals surface area contributed by atoms with Crippen molar-refractivity contribution in [2.24, 2.45) is 0 Å². The summed E-state index contributed by atoms with van der Waals surface area (Å²) in [5.74, 6) is 0. The van der Waals surface area contributed by atoms with Crippen LogP contribution in [0.15, 0.2) is 11.6 Å². The minimum atomic E-state index is -0.839. The highest BCUT2D eigenvalue weighted by molar-refractivity contribution is 8.02. The molecule has 7 nitrogen and oxygen atoms in total. The average molecular weight is 264 g/mol. The summed E-state index contributed by atoms with van der Waals surface area (Å²) in [6.45, 7) is 5.16. The van der Waals surface area contributed by atoms with Crippen LogP contribution >= 0.6 is 11.8 Å². The molecule has 8 heteroatoms. The second kappa shape index (κ2) is 8.57. The zero-order valence-electron chi connectivity index (χ0n) is 10.0. The van der Waals surface area contributed by atoms with E-state index in [1.807, 2.05) is 0 Å². The Morgan fingerprint density at radius 3 is 2.59 bits per heavy atom. The summed E-state index contributed by atoms with van der Waals surface area (Å²) in [6.07, 6.45) is 0.231. The van der Waals surface area contributed by atoms with Crippen molar-refractivity contribution in [2.45, 2.75) is 6.92 Å². The van der Waals surface area contributed by atoms with Crippen LogP contribution in [0.5, 0.6) is 0 Å². The Hall–Kier alpha value is -1.57. The van der Waals surface area contributed by atoms with Crippen LogP contribution in [0.3, 0.4) is 0 Å². The fourth-order valence-corrected chi connectivity index (χ4v) is 0.707. The lowest BCUT2D eigenvalue weighted by atomic mass is 10.8. The number of carbonyl (C=O) groups is 2. The molecule has 0 heterocycles. The van der Waals surface area contributed by atoms with Gasteiger partial charge < -0.3 is 14.3 Å². The molecule has 0 aliphatic carbocycles. The SMILES string of the molecule is C=C(NOC(=O)N(C)COC(=O)OCC)SC. The highest BCUT2D eigenvalue weighted by Crippen LogP contribution is 2.03. The Bertz CT molecular complexity index is 285. The van der Waals surface area contributed by atoms with Gasteiger partial charge in [0.15, 0.2) is 6.73 Å². The van der Waals surface area contributed by atoms with Crippen LogP contribution in [0.4, 0.5) is 9.59 Å². The third-order valence-electron chi connectivity index (χ3n) is 1.45. The van der Waals surface area contributed by atoms with Gasteiger partial charge in [0, 0.05) is 7.05 Å². The van der Waals surface area contributed by atoms with Gasteiger partial charge in [-0.25, -0.2) is 15.1 Å². The zero-order valence-corrected chi connectivity index (χ0v) is 10.8. The van der Waals surface area contributed by atoms with E-state index < -0.39 is 12.2 Å². The number of thioether (sulfide) groups is 1. The molecule has 0 aliphatic rings. The molecule has 1 amide bonds. The van der Waals surface area contributed by atoms with Crippen molar-refractivity contribution < 1.29 is 23.9 Å². The van der Waals surface area contributed by atoms with Crippen LogP contribution in [0.2, 0.25) is 0 Å². The van der Waals surface area contributed by atoms with Crippen molar-refractivity contribution >= 4 is 24.0 Å². The lowest BCUT2D eigenvalue weighted by Crippen LogP contribution is -2.34. The summed E-state index contributed by atoms with van der Waals surface area (Å²) in [5.41, 5.74) is 2.33. The first-order valence-electron chi connectivity index (χ1n) is 4.71. The van der Waals surface area contributed by atoms with E-state index in [-0.39, 0.29) is 13.3 Å². The third kappa shape index (κ3) is 7.34. The summed E-state index contributed by atoms with van der Waals surface area (Å²) in [5, 5.41) is 0.484. The standard InChI is InChI=1S/C9H16N2O5S/c1-5-14-9(13)15-6-11(3)8(12)16-10-7(2)17-4/h10H,2,5-6H2,1,3-4H3. The molecule has 0 spiro atoms. The lowest BCUT2D eigenvalue weighted by molar-refractivity contribution is 0.0117. The quantitative estimate of drug-likeness (QED) is 0.443. The van der Waals surface area contributed by atoms with Gasteiger partial charge in [-0.2, -0.15) is 0 Å². The van der Waals surface area contributed by atoms with E-state index in [2.05, 4.69) is 26.4 Å². The molecular weight excluding hydrogens is 248 g/mol. The van der Waals surface area contributed by atoms with E-state index >= 15 is 0 Å². The maximum Gasteiger partial charge on any atom is 0.509 e. The van der Waals surface area contributed by atoms with Gasteiger partial charge in [-0.3, -0.25) is 4.90 Å². The summed E-state index contributed by atoms with van der Waals surface area (Å²) in [4.78, 5) is 27.8. The van der Waals surface area contributed by atoms with E-state index in [4.69, 9.17) is 0 Å². The van der Waals surface area contributed by atoms with Gasteiger partial charge in [-0.15, -0.1) is 11.8 Å². The second-order valence-electron chi connectivity index (χ2n) is 2.75. The van der Waals surface area contributed by atoms with Gasteiger partial charge in [0.25, 0.3) is 0 Å². The Kier molecular flexibility index (Phi) is 7.78. The maximum atomic E-state index is 11.3. The fraction of sp³-hybridized carbons (Fsp3) is 0.556. The molecule has 0 saturated carbocycles. The van der Waals surface area contributed by atoms with Crippen LogP contribution in [0, 0.1) is 0 Å². The molecule has 0 aromatic rings. The summed E-state index contributed by atoms with van der Waals surface area (Å²) < 4.78 is 9.12. The van der Waals surface area contributed by atoms with Crippen LogP contribution in [0.1, 0.15) is 6.92 Å². The van der Waals surface area contributed by atoms with Gasteiger partial charge in [0.1, 0.15) is 0 Å². The van der Waals surface area contributed by atoms with Crippen molar-refractivity contribution in [1.82, 2.24) is 10.4 Å².